The van der Waals surface area contributed by atoms with Gasteiger partial charge in [-0.2, -0.15) is 0 Å². The SMILES string of the molecule is COc1cccc(-c2nc(C(N)=O)c3[nH]c(=O)n(C4CCCCC4)c3n2)c1. The van der Waals surface area contributed by atoms with Crippen LogP contribution in [0.3, 0.4) is 0 Å². The van der Waals surface area contributed by atoms with Crippen LogP contribution in [-0.2, 0) is 0 Å². The molecular formula is C19H21N5O3. The molecule has 140 valence electrons. The van der Waals surface area contributed by atoms with Crippen molar-refractivity contribution in [2.24, 2.45) is 5.73 Å². The van der Waals surface area contributed by atoms with Crippen LogP contribution in [-0.4, -0.2) is 32.5 Å². The van der Waals surface area contributed by atoms with Crippen molar-refractivity contribution in [2.75, 3.05) is 7.11 Å². The molecule has 3 aromatic rings. The van der Waals surface area contributed by atoms with E-state index in [-0.39, 0.29) is 17.4 Å². The Hall–Kier alpha value is -3.16. The summed E-state index contributed by atoms with van der Waals surface area (Å²) in [5, 5.41) is 0. The minimum absolute atomic E-state index is 0.0180. The minimum atomic E-state index is -0.705. The highest BCUT2D eigenvalue weighted by atomic mass is 16.5. The van der Waals surface area contributed by atoms with E-state index in [1.807, 2.05) is 18.2 Å². The molecule has 0 atom stereocenters. The maximum atomic E-state index is 12.6. The van der Waals surface area contributed by atoms with Crippen molar-refractivity contribution in [3.8, 4) is 17.1 Å². The van der Waals surface area contributed by atoms with E-state index in [1.165, 1.54) is 6.42 Å². The predicted molar refractivity (Wildman–Crippen MR) is 101 cm³/mol. The fraction of sp³-hybridized carbons (Fsp3) is 0.368. The molecule has 27 heavy (non-hydrogen) atoms. The van der Waals surface area contributed by atoms with Gasteiger partial charge in [-0.25, -0.2) is 14.8 Å². The van der Waals surface area contributed by atoms with Crippen LogP contribution in [0.1, 0.15) is 48.6 Å². The summed E-state index contributed by atoms with van der Waals surface area (Å²) in [5.41, 5.74) is 6.68. The Morgan fingerprint density at radius 1 is 1.26 bits per heavy atom. The van der Waals surface area contributed by atoms with Crippen molar-refractivity contribution in [1.82, 2.24) is 19.5 Å². The Bertz CT molecular complexity index is 1060. The van der Waals surface area contributed by atoms with Gasteiger partial charge in [0.25, 0.3) is 5.91 Å². The lowest BCUT2D eigenvalue weighted by Crippen LogP contribution is -2.24. The summed E-state index contributed by atoms with van der Waals surface area (Å²) < 4.78 is 6.91. The zero-order chi connectivity index (χ0) is 19.0. The van der Waals surface area contributed by atoms with E-state index in [0.29, 0.717) is 28.3 Å². The quantitative estimate of drug-likeness (QED) is 0.734. The Morgan fingerprint density at radius 2 is 2.04 bits per heavy atom. The standard InChI is InChI=1S/C19H21N5O3/c1-27-13-9-5-6-11(10-13)17-21-14(16(20)25)15-18(23-17)24(19(26)22-15)12-7-3-2-4-8-12/h5-6,9-10,12H,2-4,7-8H2,1H3,(H2,20,25)(H,22,26). The highest BCUT2D eigenvalue weighted by Crippen LogP contribution is 2.30. The Morgan fingerprint density at radius 3 is 2.74 bits per heavy atom. The number of imidazole rings is 1. The third kappa shape index (κ3) is 3.07. The first-order chi connectivity index (χ1) is 13.1. The molecule has 2 heterocycles. The number of ether oxygens (including phenoxy) is 1. The number of nitrogens with one attached hydrogen (secondary N) is 1. The summed E-state index contributed by atoms with van der Waals surface area (Å²) >= 11 is 0. The van der Waals surface area contributed by atoms with E-state index in [9.17, 15) is 9.59 Å². The Kier molecular flexibility index (Phi) is 4.39. The second-order valence-electron chi connectivity index (χ2n) is 6.78. The molecule has 0 bridgehead atoms. The first-order valence-electron chi connectivity index (χ1n) is 9.05. The number of carbonyl (C=O) groups excluding carboxylic acids is 1. The van der Waals surface area contributed by atoms with Gasteiger partial charge in [0.2, 0.25) is 0 Å². The highest BCUT2D eigenvalue weighted by Gasteiger charge is 2.24. The van der Waals surface area contributed by atoms with Crippen molar-refractivity contribution < 1.29 is 9.53 Å². The lowest BCUT2D eigenvalue weighted by Gasteiger charge is -2.22. The fourth-order valence-corrected chi connectivity index (χ4v) is 3.75. The zero-order valence-electron chi connectivity index (χ0n) is 15.1. The molecule has 0 saturated heterocycles. The third-order valence-corrected chi connectivity index (χ3v) is 5.07. The summed E-state index contributed by atoms with van der Waals surface area (Å²) in [6, 6.07) is 7.29. The number of H-pyrrole nitrogens is 1. The molecule has 8 heteroatoms. The molecule has 0 radical (unpaired) electrons. The van der Waals surface area contributed by atoms with Gasteiger partial charge in [-0.15, -0.1) is 0 Å². The van der Waals surface area contributed by atoms with Gasteiger partial charge in [0, 0.05) is 11.6 Å². The molecule has 1 aromatic carbocycles. The molecule has 1 saturated carbocycles. The Balaban J connectivity index is 1.95. The van der Waals surface area contributed by atoms with Gasteiger partial charge in [-0.3, -0.25) is 9.36 Å². The number of carbonyl (C=O) groups is 1. The molecule has 8 nitrogen and oxygen atoms in total. The molecule has 2 aromatic heterocycles. The highest BCUT2D eigenvalue weighted by molar-refractivity contribution is 6.01. The molecule has 1 amide bonds. The summed E-state index contributed by atoms with van der Waals surface area (Å²) in [7, 11) is 1.57. The number of hydrogen-bond donors (Lipinski definition) is 2. The number of fused-ring (bicyclic) bond motifs is 1. The van der Waals surface area contributed by atoms with E-state index in [2.05, 4.69) is 15.0 Å². The van der Waals surface area contributed by atoms with E-state index >= 15 is 0 Å². The summed E-state index contributed by atoms with van der Waals surface area (Å²) in [5.74, 6) is 0.276. The number of methoxy groups -OCH3 is 1. The number of nitrogens with zero attached hydrogens (tertiary/aromatic N) is 3. The van der Waals surface area contributed by atoms with Crippen LogP contribution < -0.4 is 16.2 Å². The van der Waals surface area contributed by atoms with Gasteiger partial charge < -0.3 is 15.5 Å². The van der Waals surface area contributed by atoms with Crippen molar-refractivity contribution >= 4 is 17.1 Å². The van der Waals surface area contributed by atoms with Crippen LogP contribution in [0.2, 0.25) is 0 Å². The van der Waals surface area contributed by atoms with Crippen molar-refractivity contribution in [3.63, 3.8) is 0 Å². The van der Waals surface area contributed by atoms with Crippen LogP contribution in [0.15, 0.2) is 29.1 Å². The van der Waals surface area contributed by atoms with Gasteiger partial charge in [0.15, 0.2) is 17.2 Å². The maximum absolute atomic E-state index is 12.6. The number of hydrogen-bond acceptors (Lipinski definition) is 5. The third-order valence-electron chi connectivity index (χ3n) is 5.07. The number of nitrogens with two attached hydrogens (primary N) is 1. The van der Waals surface area contributed by atoms with Gasteiger partial charge in [0.05, 0.1) is 7.11 Å². The van der Waals surface area contributed by atoms with Crippen molar-refractivity contribution in [3.05, 3.63) is 40.4 Å². The van der Waals surface area contributed by atoms with E-state index in [0.717, 1.165) is 25.7 Å². The van der Waals surface area contributed by atoms with Crippen LogP contribution in [0.4, 0.5) is 0 Å². The van der Waals surface area contributed by atoms with Gasteiger partial charge >= 0.3 is 5.69 Å². The smallest absolute Gasteiger partial charge is 0.327 e. The number of benzene rings is 1. The second kappa shape index (κ2) is 6.86. The molecular weight excluding hydrogens is 346 g/mol. The van der Waals surface area contributed by atoms with Crippen molar-refractivity contribution in [1.29, 1.82) is 0 Å². The number of rotatable bonds is 4. The molecule has 1 fully saturated rings. The second-order valence-corrected chi connectivity index (χ2v) is 6.78. The van der Waals surface area contributed by atoms with Gasteiger partial charge in [0.1, 0.15) is 11.3 Å². The van der Waals surface area contributed by atoms with E-state index < -0.39 is 5.91 Å². The molecule has 3 N–H and O–H groups in total. The Labute approximate surface area is 155 Å². The lowest BCUT2D eigenvalue weighted by atomic mass is 9.95. The lowest BCUT2D eigenvalue weighted by molar-refractivity contribution is 0.0997. The van der Waals surface area contributed by atoms with E-state index in [4.69, 9.17) is 10.5 Å². The molecule has 4 rings (SSSR count). The average Bonchev–Trinajstić information content (AvgIpc) is 3.03. The molecule has 0 aliphatic heterocycles. The first kappa shape index (κ1) is 17.3. The normalized spacial score (nSPS) is 15.1. The number of amides is 1. The van der Waals surface area contributed by atoms with E-state index in [1.54, 1.807) is 17.7 Å². The van der Waals surface area contributed by atoms with Crippen LogP contribution in [0.5, 0.6) is 5.75 Å². The topological polar surface area (TPSA) is 116 Å². The monoisotopic (exact) mass is 367 g/mol. The number of aromatic amines is 1. The predicted octanol–water partition coefficient (Wildman–Crippen LogP) is 2.40. The number of primary amides is 1. The van der Waals surface area contributed by atoms with Crippen molar-refractivity contribution in [2.45, 2.75) is 38.1 Å². The first-order valence-corrected chi connectivity index (χ1v) is 9.05. The summed E-state index contributed by atoms with van der Waals surface area (Å²) in [4.78, 5) is 36.3. The summed E-state index contributed by atoms with van der Waals surface area (Å²) in [6.45, 7) is 0. The van der Waals surface area contributed by atoms with Crippen LogP contribution in [0.25, 0.3) is 22.6 Å². The average molecular weight is 367 g/mol. The zero-order valence-corrected chi connectivity index (χ0v) is 15.1. The van der Waals surface area contributed by atoms with Crippen LogP contribution >= 0.6 is 0 Å². The largest absolute Gasteiger partial charge is 0.497 e. The van der Waals surface area contributed by atoms with Gasteiger partial charge in [-0.05, 0) is 25.0 Å². The van der Waals surface area contributed by atoms with Crippen LogP contribution in [0, 0.1) is 0 Å². The maximum Gasteiger partial charge on any atom is 0.327 e. The molecule has 1 aliphatic carbocycles. The number of aromatic nitrogens is 4. The molecule has 0 spiro atoms. The van der Waals surface area contributed by atoms with Gasteiger partial charge in [-0.1, -0.05) is 31.4 Å². The fourth-order valence-electron chi connectivity index (χ4n) is 3.75. The molecule has 0 unspecified atom stereocenters. The summed E-state index contributed by atoms with van der Waals surface area (Å²) in [6.07, 6.45) is 5.14. The molecule has 1 aliphatic rings. The minimum Gasteiger partial charge on any atom is -0.497 e.